The van der Waals surface area contributed by atoms with E-state index < -0.39 is 5.25 Å². The van der Waals surface area contributed by atoms with E-state index in [0.717, 1.165) is 28.8 Å². The second-order valence-electron chi connectivity index (χ2n) is 8.95. The van der Waals surface area contributed by atoms with Crippen LogP contribution in [0.3, 0.4) is 0 Å². The van der Waals surface area contributed by atoms with E-state index in [1.165, 1.54) is 11.8 Å². The quantitative estimate of drug-likeness (QED) is 0.655. The molecule has 4 heterocycles. The Hall–Kier alpha value is -2.58. The number of ether oxygens (including phenoxy) is 1. The summed E-state index contributed by atoms with van der Waals surface area (Å²) in [6, 6.07) is 9.83. The van der Waals surface area contributed by atoms with Gasteiger partial charge in [-0.3, -0.25) is 19.4 Å². The number of pyridine rings is 1. The molecule has 5 rings (SSSR count). The van der Waals surface area contributed by atoms with Crippen LogP contribution in [0.5, 0.6) is 0 Å². The highest BCUT2D eigenvalue weighted by Gasteiger charge is 2.36. The number of aliphatic imine (C=N–C) groups is 1. The number of hydrogen-bond acceptors (Lipinski definition) is 5. The summed E-state index contributed by atoms with van der Waals surface area (Å²) in [6.45, 7) is 6.71. The van der Waals surface area contributed by atoms with Crippen molar-refractivity contribution in [2.24, 2.45) is 12.0 Å². The molecule has 3 aromatic rings. The second-order valence-corrected chi connectivity index (χ2v) is 10.3. The Bertz CT molecular complexity index is 1330. The smallest absolute Gasteiger partial charge is 0.271 e. The third-order valence-electron chi connectivity index (χ3n) is 6.23. The molecule has 31 heavy (non-hydrogen) atoms. The van der Waals surface area contributed by atoms with Crippen molar-refractivity contribution in [1.82, 2.24) is 14.3 Å². The molecule has 162 valence electrons. The summed E-state index contributed by atoms with van der Waals surface area (Å²) < 4.78 is 9.43. The number of para-hydroxylation sites is 1. The highest BCUT2D eigenvalue weighted by molar-refractivity contribution is 8.14. The molecule has 2 unspecified atom stereocenters. The molecular formula is C23H26N4O3S. The van der Waals surface area contributed by atoms with Gasteiger partial charge in [0.1, 0.15) is 0 Å². The fraction of sp³-hybridized carbons (Fsp3) is 0.435. The Labute approximate surface area is 184 Å². The predicted molar refractivity (Wildman–Crippen MR) is 125 cm³/mol. The van der Waals surface area contributed by atoms with Gasteiger partial charge in [0.2, 0.25) is 0 Å². The normalized spacial score (nSPS) is 22.9. The zero-order chi connectivity index (χ0) is 21.9. The van der Waals surface area contributed by atoms with Crippen LogP contribution < -0.4 is 11.1 Å². The molecule has 1 aromatic carbocycles. The Kier molecular flexibility index (Phi) is 4.75. The van der Waals surface area contributed by atoms with Gasteiger partial charge in [0.05, 0.1) is 33.0 Å². The zero-order valence-electron chi connectivity index (χ0n) is 18.1. The molecule has 0 bridgehead atoms. The van der Waals surface area contributed by atoms with Crippen LogP contribution in [0.15, 0.2) is 44.9 Å². The molecule has 2 aliphatic rings. The largest absolute Gasteiger partial charge is 0.375 e. The van der Waals surface area contributed by atoms with E-state index in [9.17, 15) is 9.59 Å². The maximum Gasteiger partial charge on any atom is 0.271 e. The Morgan fingerprint density at radius 3 is 2.81 bits per heavy atom. The minimum absolute atomic E-state index is 0.0869. The van der Waals surface area contributed by atoms with Gasteiger partial charge in [-0.05, 0) is 51.1 Å². The van der Waals surface area contributed by atoms with Crippen molar-refractivity contribution < 1.29 is 4.74 Å². The lowest BCUT2D eigenvalue weighted by molar-refractivity contribution is -0.0705. The van der Waals surface area contributed by atoms with E-state index in [1.807, 2.05) is 41.9 Å². The van der Waals surface area contributed by atoms with Gasteiger partial charge in [0.15, 0.2) is 5.82 Å². The SMILES string of the molecule is CC1=Nc2c(c(=O)[nH]n2C2CCOC(C)(C)C2)C(c2cc3ccccc3n(C)c2=O)S1. The van der Waals surface area contributed by atoms with Crippen molar-refractivity contribution in [3.8, 4) is 0 Å². The fourth-order valence-electron chi connectivity index (χ4n) is 4.75. The molecule has 2 atom stereocenters. The maximum absolute atomic E-state index is 13.3. The van der Waals surface area contributed by atoms with Crippen molar-refractivity contribution in [3.05, 3.63) is 62.2 Å². The molecule has 7 nitrogen and oxygen atoms in total. The van der Waals surface area contributed by atoms with E-state index >= 15 is 0 Å². The minimum atomic E-state index is -0.395. The highest BCUT2D eigenvalue weighted by Crippen LogP contribution is 2.45. The van der Waals surface area contributed by atoms with Crippen LogP contribution in [0, 0.1) is 0 Å². The minimum Gasteiger partial charge on any atom is -0.375 e. The first kappa shape index (κ1) is 20.3. The Morgan fingerprint density at radius 2 is 2.03 bits per heavy atom. The number of nitrogens with one attached hydrogen (secondary N) is 1. The fourth-order valence-corrected chi connectivity index (χ4v) is 5.85. The van der Waals surface area contributed by atoms with Crippen LogP contribution in [0.2, 0.25) is 0 Å². The molecule has 0 saturated carbocycles. The average Bonchev–Trinajstić information content (AvgIpc) is 3.06. The van der Waals surface area contributed by atoms with Gasteiger partial charge in [0, 0.05) is 19.2 Å². The Balaban J connectivity index is 1.68. The third kappa shape index (κ3) is 3.38. The van der Waals surface area contributed by atoms with Crippen LogP contribution in [0.1, 0.15) is 56.0 Å². The van der Waals surface area contributed by atoms with Crippen LogP contribution in [-0.2, 0) is 11.8 Å². The van der Waals surface area contributed by atoms with Crippen LogP contribution in [-0.4, -0.2) is 31.6 Å². The summed E-state index contributed by atoms with van der Waals surface area (Å²) in [5.41, 5.74) is 1.52. The Morgan fingerprint density at radius 1 is 1.26 bits per heavy atom. The van der Waals surface area contributed by atoms with Crippen LogP contribution in [0.25, 0.3) is 10.9 Å². The van der Waals surface area contributed by atoms with Crippen molar-refractivity contribution in [1.29, 1.82) is 0 Å². The standard InChI is InChI=1S/C23H26N4O3S/c1-13-24-20-18(21(28)25-27(20)15-9-10-30-23(2,3)12-15)19(31-13)16-11-14-7-5-6-8-17(14)26(4)22(16)29/h5-8,11,15,19H,9-10,12H2,1-4H3,(H,25,28). The molecule has 0 spiro atoms. The van der Waals surface area contributed by atoms with Gasteiger partial charge in [-0.1, -0.05) is 30.0 Å². The lowest BCUT2D eigenvalue weighted by atomic mass is 9.94. The summed E-state index contributed by atoms with van der Waals surface area (Å²) in [6.07, 6.45) is 1.60. The number of fused-ring (bicyclic) bond motifs is 2. The second kappa shape index (κ2) is 7.24. The lowest BCUT2D eigenvalue weighted by Crippen LogP contribution is -2.35. The molecule has 0 radical (unpaired) electrons. The first-order valence-corrected chi connectivity index (χ1v) is 11.4. The summed E-state index contributed by atoms with van der Waals surface area (Å²) in [5.74, 6) is 0.643. The van der Waals surface area contributed by atoms with E-state index in [4.69, 9.17) is 9.73 Å². The number of aryl methyl sites for hydroxylation is 1. The first-order chi connectivity index (χ1) is 14.7. The summed E-state index contributed by atoms with van der Waals surface area (Å²) in [5, 5.41) is 4.45. The van der Waals surface area contributed by atoms with Gasteiger partial charge < -0.3 is 9.30 Å². The highest BCUT2D eigenvalue weighted by atomic mass is 32.2. The number of hydrogen-bond donors (Lipinski definition) is 1. The van der Waals surface area contributed by atoms with Gasteiger partial charge in [0.25, 0.3) is 11.1 Å². The molecule has 0 aliphatic carbocycles. The van der Waals surface area contributed by atoms with Gasteiger partial charge >= 0.3 is 0 Å². The van der Waals surface area contributed by atoms with Gasteiger partial charge in [-0.25, -0.2) is 4.99 Å². The molecule has 1 fully saturated rings. The number of rotatable bonds is 2. The molecular weight excluding hydrogens is 412 g/mol. The number of H-pyrrole nitrogens is 1. The molecule has 0 amide bonds. The topological polar surface area (TPSA) is 81.4 Å². The van der Waals surface area contributed by atoms with E-state index in [0.29, 0.717) is 23.6 Å². The number of aromatic nitrogens is 3. The molecule has 1 saturated heterocycles. The number of benzene rings is 1. The van der Waals surface area contributed by atoms with Crippen molar-refractivity contribution >= 4 is 33.5 Å². The zero-order valence-corrected chi connectivity index (χ0v) is 19.0. The van der Waals surface area contributed by atoms with Crippen molar-refractivity contribution in [2.75, 3.05) is 6.61 Å². The molecule has 1 N–H and O–H groups in total. The predicted octanol–water partition coefficient (Wildman–Crippen LogP) is 4.04. The summed E-state index contributed by atoms with van der Waals surface area (Å²) >= 11 is 1.47. The van der Waals surface area contributed by atoms with Gasteiger partial charge in [-0.15, -0.1) is 0 Å². The molecule has 8 heteroatoms. The van der Waals surface area contributed by atoms with Crippen molar-refractivity contribution in [3.63, 3.8) is 0 Å². The lowest BCUT2D eigenvalue weighted by Gasteiger charge is -2.36. The average molecular weight is 439 g/mol. The van der Waals surface area contributed by atoms with Crippen LogP contribution >= 0.6 is 11.8 Å². The summed E-state index contributed by atoms with van der Waals surface area (Å²) in [4.78, 5) is 31.2. The number of nitrogens with zero attached hydrogens (tertiary/aromatic N) is 3. The van der Waals surface area contributed by atoms with Crippen molar-refractivity contribution in [2.45, 2.75) is 50.5 Å². The third-order valence-corrected chi connectivity index (χ3v) is 7.39. The van der Waals surface area contributed by atoms with Gasteiger partial charge in [-0.2, -0.15) is 0 Å². The monoisotopic (exact) mass is 438 g/mol. The molecule has 2 aromatic heterocycles. The van der Waals surface area contributed by atoms with E-state index in [-0.39, 0.29) is 22.8 Å². The number of aromatic amines is 1. The number of thioether (sulfide) groups is 1. The maximum atomic E-state index is 13.3. The van der Waals surface area contributed by atoms with Crippen LogP contribution in [0.4, 0.5) is 5.82 Å². The molecule has 2 aliphatic heterocycles. The van der Waals surface area contributed by atoms with E-state index in [2.05, 4.69) is 18.9 Å². The summed E-state index contributed by atoms with van der Waals surface area (Å²) in [7, 11) is 1.78. The van der Waals surface area contributed by atoms with E-state index in [1.54, 1.807) is 11.6 Å². The first-order valence-electron chi connectivity index (χ1n) is 10.5.